The summed E-state index contributed by atoms with van der Waals surface area (Å²) in [6.07, 6.45) is 0. The van der Waals surface area contributed by atoms with Gasteiger partial charge in [0.15, 0.2) is 0 Å². The van der Waals surface area contributed by atoms with Gasteiger partial charge in [-0.15, -0.1) is 0 Å². The second-order valence-electron chi connectivity index (χ2n) is 6.80. The number of aryl methyl sites for hydroxylation is 1. The van der Waals surface area contributed by atoms with E-state index in [1.165, 1.54) is 18.2 Å². The summed E-state index contributed by atoms with van der Waals surface area (Å²) in [6, 6.07) is 15.3. The number of carboxylic acids is 1. The molecule has 2 aromatic carbocycles. The molecule has 4 rings (SSSR count). The van der Waals surface area contributed by atoms with E-state index >= 15 is 0 Å². The third-order valence-electron chi connectivity index (χ3n) is 4.86. The SMILES string of the molecule is Cc1ccc(-c2ccc(-c3nc4ccc(F)cc4c(C(=O)O)c3C)cc2)c(Cl)n1. The van der Waals surface area contributed by atoms with E-state index < -0.39 is 11.8 Å². The van der Waals surface area contributed by atoms with Crippen molar-refractivity contribution >= 4 is 28.5 Å². The van der Waals surface area contributed by atoms with Gasteiger partial charge in [-0.05, 0) is 55.3 Å². The van der Waals surface area contributed by atoms with E-state index in [2.05, 4.69) is 9.97 Å². The highest BCUT2D eigenvalue weighted by molar-refractivity contribution is 6.32. The van der Waals surface area contributed by atoms with Crippen molar-refractivity contribution in [2.24, 2.45) is 0 Å². The zero-order chi connectivity index (χ0) is 20.7. The number of pyridine rings is 2. The standard InChI is InChI=1S/C23H16ClFN2O2/c1-12-3-9-17(22(24)26-12)14-4-6-15(7-5-14)21-13(2)20(23(28)29)18-11-16(25)8-10-19(18)27-21/h3-11H,1-2H3,(H,28,29). The minimum atomic E-state index is -1.11. The van der Waals surface area contributed by atoms with Crippen LogP contribution in [-0.4, -0.2) is 21.0 Å². The highest BCUT2D eigenvalue weighted by atomic mass is 35.5. The fourth-order valence-electron chi connectivity index (χ4n) is 3.44. The number of rotatable bonds is 3. The van der Waals surface area contributed by atoms with Crippen LogP contribution in [0.1, 0.15) is 21.6 Å². The molecule has 0 aliphatic carbocycles. The van der Waals surface area contributed by atoms with Crippen LogP contribution in [0.5, 0.6) is 0 Å². The highest BCUT2D eigenvalue weighted by Crippen LogP contribution is 2.32. The molecule has 4 aromatic rings. The van der Waals surface area contributed by atoms with Crippen molar-refractivity contribution < 1.29 is 14.3 Å². The molecule has 144 valence electrons. The van der Waals surface area contributed by atoms with Gasteiger partial charge in [0.1, 0.15) is 11.0 Å². The lowest BCUT2D eigenvalue weighted by Gasteiger charge is -2.13. The number of benzene rings is 2. The Morgan fingerprint density at radius 2 is 1.66 bits per heavy atom. The lowest BCUT2D eigenvalue weighted by molar-refractivity contribution is 0.0698. The molecular weight excluding hydrogens is 391 g/mol. The molecule has 2 aromatic heterocycles. The second-order valence-corrected chi connectivity index (χ2v) is 7.15. The molecule has 0 aliphatic heterocycles. The molecule has 6 heteroatoms. The predicted octanol–water partition coefficient (Wildman–Crippen LogP) is 6.07. The first-order chi connectivity index (χ1) is 13.8. The predicted molar refractivity (Wildman–Crippen MR) is 112 cm³/mol. The Labute approximate surface area is 171 Å². The van der Waals surface area contributed by atoms with E-state index in [0.29, 0.717) is 21.9 Å². The third kappa shape index (κ3) is 3.45. The molecular formula is C23H16ClFN2O2. The van der Waals surface area contributed by atoms with Gasteiger partial charge in [-0.2, -0.15) is 0 Å². The Morgan fingerprint density at radius 1 is 0.966 bits per heavy atom. The molecule has 0 saturated heterocycles. The maximum atomic E-state index is 13.7. The van der Waals surface area contributed by atoms with Crippen molar-refractivity contribution in [3.8, 4) is 22.4 Å². The maximum absolute atomic E-state index is 13.7. The molecule has 0 fully saturated rings. The molecule has 2 heterocycles. The van der Waals surface area contributed by atoms with Crippen LogP contribution in [-0.2, 0) is 0 Å². The zero-order valence-electron chi connectivity index (χ0n) is 15.7. The van der Waals surface area contributed by atoms with Gasteiger partial charge in [-0.3, -0.25) is 0 Å². The number of carbonyl (C=O) groups is 1. The molecule has 0 saturated carbocycles. The van der Waals surface area contributed by atoms with Crippen LogP contribution < -0.4 is 0 Å². The Hall–Kier alpha value is -3.31. The lowest BCUT2D eigenvalue weighted by Crippen LogP contribution is -2.05. The van der Waals surface area contributed by atoms with Crippen molar-refractivity contribution in [2.45, 2.75) is 13.8 Å². The van der Waals surface area contributed by atoms with Crippen molar-refractivity contribution in [3.05, 3.63) is 82.4 Å². The smallest absolute Gasteiger partial charge is 0.336 e. The quantitative estimate of drug-likeness (QED) is 0.419. The fourth-order valence-corrected chi connectivity index (χ4v) is 3.74. The Kier molecular flexibility index (Phi) is 4.76. The van der Waals surface area contributed by atoms with Crippen LogP contribution >= 0.6 is 11.6 Å². The normalized spacial score (nSPS) is 11.0. The summed E-state index contributed by atoms with van der Waals surface area (Å²) in [5.74, 6) is -1.61. The van der Waals surface area contributed by atoms with Gasteiger partial charge in [0.2, 0.25) is 0 Å². The molecule has 1 N–H and O–H groups in total. The van der Waals surface area contributed by atoms with Crippen molar-refractivity contribution in [2.75, 3.05) is 0 Å². The zero-order valence-corrected chi connectivity index (χ0v) is 16.5. The van der Waals surface area contributed by atoms with Gasteiger partial charge in [-0.1, -0.05) is 35.9 Å². The van der Waals surface area contributed by atoms with Gasteiger partial charge < -0.3 is 5.11 Å². The first-order valence-corrected chi connectivity index (χ1v) is 9.30. The minimum Gasteiger partial charge on any atom is -0.478 e. The third-order valence-corrected chi connectivity index (χ3v) is 5.15. The summed E-state index contributed by atoms with van der Waals surface area (Å²) >= 11 is 6.26. The topological polar surface area (TPSA) is 63.1 Å². The van der Waals surface area contributed by atoms with Crippen molar-refractivity contribution in [1.82, 2.24) is 9.97 Å². The Bertz CT molecular complexity index is 1270. The van der Waals surface area contributed by atoms with Gasteiger partial charge in [0.25, 0.3) is 0 Å². The number of hydrogen-bond donors (Lipinski definition) is 1. The average Bonchev–Trinajstić information content (AvgIpc) is 2.67. The van der Waals surface area contributed by atoms with Crippen LogP contribution in [0, 0.1) is 19.7 Å². The molecule has 0 unspecified atom stereocenters. The van der Waals surface area contributed by atoms with E-state index in [4.69, 9.17) is 11.6 Å². The summed E-state index contributed by atoms with van der Waals surface area (Å²) in [6.45, 7) is 3.56. The summed E-state index contributed by atoms with van der Waals surface area (Å²) in [5.41, 5.74) is 4.82. The molecule has 4 nitrogen and oxygen atoms in total. The van der Waals surface area contributed by atoms with Gasteiger partial charge >= 0.3 is 5.97 Å². The van der Waals surface area contributed by atoms with E-state index in [9.17, 15) is 14.3 Å². The highest BCUT2D eigenvalue weighted by Gasteiger charge is 2.19. The Balaban J connectivity index is 1.85. The van der Waals surface area contributed by atoms with Crippen LogP contribution in [0.25, 0.3) is 33.3 Å². The average molecular weight is 407 g/mol. The summed E-state index contributed by atoms with van der Waals surface area (Å²) in [7, 11) is 0. The van der Waals surface area contributed by atoms with Crippen LogP contribution in [0.15, 0.2) is 54.6 Å². The lowest BCUT2D eigenvalue weighted by atomic mass is 9.96. The number of halogens is 2. The number of hydrogen-bond acceptors (Lipinski definition) is 3. The molecule has 29 heavy (non-hydrogen) atoms. The molecule has 0 spiro atoms. The van der Waals surface area contributed by atoms with Gasteiger partial charge in [-0.25, -0.2) is 19.2 Å². The molecule has 0 bridgehead atoms. The van der Waals surface area contributed by atoms with Gasteiger partial charge in [0.05, 0.1) is 16.8 Å². The summed E-state index contributed by atoms with van der Waals surface area (Å²) < 4.78 is 13.7. The van der Waals surface area contributed by atoms with E-state index in [1.807, 2.05) is 43.3 Å². The number of aromatic carboxylic acids is 1. The fraction of sp³-hybridized carbons (Fsp3) is 0.0870. The maximum Gasteiger partial charge on any atom is 0.336 e. The van der Waals surface area contributed by atoms with E-state index in [-0.39, 0.29) is 10.9 Å². The number of aromatic nitrogens is 2. The van der Waals surface area contributed by atoms with E-state index in [0.717, 1.165) is 22.4 Å². The van der Waals surface area contributed by atoms with Gasteiger partial charge in [0, 0.05) is 22.2 Å². The van der Waals surface area contributed by atoms with Crippen molar-refractivity contribution in [1.29, 1.82) is 0 Å². The largest absolute Gasteiger partial charge is 0.478 e. The van der Waals surface area contributed by atoms with Crippen LogP contribution in [0.2, 0.25) is 5.15 Å². The number of carboxylic acid groups (broad SMARTS) is 1. The van der Waals surface area contributed by atoms with E-state index in [1.54, 1.807) is 6.92 Å². The number of nitrogens with zero attached hydrogens (tertiary/aromatic N) is 2. The summed E-state index contributed by atoms with van der Waals surface area (Å²) in [4.78, 5) is 20.7. The molecule has 0 radical (unpaired) electrons. The summed E-state index contributed by atoms with van der Waals surface area (Å²) in [5, 5.41) is 10.4. The second kappa shape index (κ2) is 7.26. The minimum absolute atomic E-state index is 0.0550. The molecule has 0 aliphatic rings. The first kappa shape index (κ1) is 19.0. The van der Waals surface area contributed by atoms with Crippen LogP contribution in [0.3, 0.4) is 0 Å². The van der Waals surface area contributed by atoms with Crippen LogP contribution in [0.4, 0.5) is 4.39 Å². The Morgan fingerprint density at radius 3 is 2.31 bits per heavy atom. The molecule has 0 atom stereocenters. The number of fused-ring (bicyclic) bond motifs is 1. The first-order valence-electron chi connectivity index (χ1n) is 8.92. The van der Waals surface area contributed by atoms with Crippen molar-refractivity contribution in [3.63, 3.8) is 0 Å². The monoisotopic (exact) mass is 406 g/mol. The molecule has 0 amide bonds.